The van der Waals surface area contributed by atoms with Crippen LogP contribution in [-0.2, 0) is 14.3 Å². The first-order chi connectivity index (χ1) is 10.2. The summed E-state index contributed by atoms with van der Waals surface area (Å²) in [6, 6.07) is 10.8. The zero-order chi connectivity index (χ0) is 15.2. The maximum absolute atomic E-state index is 11.9. The fourth-order valence-electron chi connectivity index (χ4n) is 1.91. The van der Waals surface area contributed by atoms with Gasteiger partial charge in [0, 0.05) is 0 Å². The highest BCUT2D eigenvalue weighted by Crippen LogP contribution is 2.18. The average Bonchev–Trinajstić information content (AvgIpc) is 2.86. The third-order valence-electron chi connectivity index (χ3n) is 2.88. The molecule has 1 unspecified atom stereocenters. The number of hydrazone groups is 1. The summed E-state index contributed by atoms with van der Waals surface area (Å²) in [4.78, 5) is 23.5. The molecular formula is C15H13N3O3. The first-order valence-electron chi connectivity index (χ1n) is 6.39. The Balaban J connectivity index is 2.33. The fraction of sp³-hybridized carbons (Fsp3) is 0.200. The molecule has 0 saturated heterocycles. The van der Waals surface area contributed by atoms with Gasteiger partial charge in [-0.05, 0) is 18.6 Å². The molecule has 21 heavy (non-hydrogen) atoms. The lowest BCUT2D eigenvalue weighted by atomic mass is 9.95. The smallest absolute Gasteiger partial charge is 0.348 e. The number of hydrogen-bond acceptors (Lipinski definition) is 5. The highest BCUT2D eigenvalue weighted by Gasteiger charge is 2.30. The van der Waals surface area contributed by atoms with Crippen LogP contribution in [0, 0.1) is 17.2 Å². The third kappa shape index (κ3) is 3.15. The molecular weight excluding hydrogens is 270 g/mol. The van der Waals surface area contributed by atoms with Gasteiger partial charge in [-0.1, -0.05) is 30.3 Å². The van der Waals surface area contributed by atoms with Crippen LogP contribution in [0.15, 0.2) is 47.1 Å². The lowest BCUT2D eigenvalue weighted by Gasteiger charge is -2.07. The number of nitriles is 1. The fourth-order valence-corrected chi connectivity index (χ4v) is 1.91. The molecule has 1 atom stereocenters. The molecule has 6 nitrogen and oxygen atoms in total. The summed E-state index contributed by atoms with van der Waals surface area (Å²) in [6.45, 7) is 1.81. The second-order valence-electron chi connectivity index (χ2n) is 4.23. The van der Waals surface area contributed by atoms with E-state index >= 15 is 0 Å². The predicted molar refractivity (Wildman–Crippen MR) is 74.9 cm³/mol. The Bertz CT molecular complexity index is 656. The average molecular weight is 283 g/mol. The van der Waals surface area contributed by atoms with Gasteiger partial charge in [0.25, 0.3) is 5.91 Å². The van der Waals surface area contributed by atoms with Crippen LogP contribution in [0.3, 0.4) is 0 Å². The standard InChI is InChI=1S/C15H13N3O3/c1-2-21-15(20)11(9-16)8-12-13(17-18-14(12)19)10-6-4-3-5-7-10/h3-8,12H,2H2,1H3,(H,18,19)/b11-8+. The topological polar surface area (TPSA) is 91.5 Å². The summed E-state index contributed by atoms with van der Waals surface area (Å²) in [5.41, 5.74) is 3.37. The molecule has 2 rings (SSSR count). The molecule has 6 heteroatoms. The minimum absolute atomic E-state index is 0.161. The minimum Gasteiger partial charge on any atom is -0.462 e. The van der Waals surface area contributed by atoms with Crippen molar-refractivity contribution >= 4 is 17.6 Å². The van der Waals surface area contributed by atoms with Crippen LogP contribution in [0.25, 0.3) is 0 Å². The van der Waals surface area contributed by atoms with E-state index in [2.05, 4.69) is 10.5 Å². The Kier molecular flexibility index (Phi) is 4.46. The van der Waals surface area contributed by atoms with E-state index < -0.39 is 11.9 Å². The van der Waals surface area contributed by atoms with E-state index in [4.69, 9.17) is 10.00 Å². The highest BCUT2D eigenvalue weighted by atomic mass is 16.5. The SMILES string of the molecule is CCOC(=O)/C(C#N)=C/C1C(=O)NN=C1c1ccccc1. The summed E-state index contributed by atoms with van der Waals surface area (Å²) in [7, 11) is 0. The Morgan fingerprint density at radius 1 is 1.48 bits per heavy atom. The highest BCUT2D eigenvalue weighted by molar-refractivity contribution is 6.18. The van der Waals surface area contributed by atoms with Gasteiger partial charge in [-0.3, -0.25) is 4.79 Å². The van der Waals surface area contributed by atoms with E-state index in [9.17, 15) is 9.59 Å². The van der Waals surface area contributed by atoms with Crippen LogP contribution in [0.2, 0.25) is 0 Å². The van der Waals surface area contributed by atoms with Crippen molar-refractivity contribution in [3.63, 3.8) is 0 Å². The van der Waals surface area contributed by atoms with E-state index in [0.717, 1.165) is 5.56 Å². The van der Waals surface area contributed by atoms with Crippen molar-refractivity contribution in [1.29, 1.82) is 5.26 Å². The van der Waals surface area contributed by atoms with Gasteiger partial charge in [-0.15, -0.1) is 0 Å². The van der Waals surface area contributed by atoms with Gasteiger partial charge in [-0.25, -0.2) is 10.2 Å². The lowest BCUT2D eigenvalue weighted by Crippen LogP contribution is -2.23. The van der Waals surface area contributed by atoms with Crippen LogP contribution in [0.1, 0.15) is 12.5 Å². The van der Waals surface area contributed by atoms with Crippen molar-refractivity contribution in [2.75, 3.05) is 6.61 Å². The monoisotopic (exact) mass is 283 g/mol. The van der Waals surface area contributed by atoms with Gasteiger partial charge in [0.2, 0.25) is 0 Å². The number of ether oxygens (including phenoxy) is 1. The molecule has 1 aromatic carbocycles. The molecule has 0 radical (unpaired) electrons. The first-order valence-corrected chi connectivity index (χ1v) is 6.39. The van der Waals surface area contributed by atoms with Crippen LogP contribution >= 0.6 is 0 Å². The van der Waals surface area contributed by atoms with Gasteiger partial charge in [-0.2, -0.15) is 10.4 Å². The maximum atomic E-state index is 11.9. The van der Waals surface area contributed by atoms with Crippen LogP contribution in [0.5, 0.6) is 0 Å². The predicted octanol–water partition coefficient (Wildman–Crippen LogP) is 1.15. The summed E-state index contributed by atoms with van der Waals surface area (Å²) in [5.74, 6) is -1.91. The molecule has 1 aliphatic rings. The van der Waals surface area contributed by atoms with Gasteiger partial charge >= 0.3 is 5.97 Å². The zero-order valence-corrected chi connectivity index (χ0v) is 11.4. The molecule has 0 fully saturated rings. The Morgan fingerprint density at radius 3 is 2.81 bits per heavy atom. The quantitative estimate of drug-likeness (QED) is 0.509. The van der Waals surface area contributed by atoms with Crippen molar-refractivity contribution in [3.8, 4) is 6.07 Å². The molecule has 1 aromatic rings. The van der Waals surface area contributed by atoms with Gasteiger partial charge in [0.15, 0.2) is 0 Å². The lowest BCUT2D eigenvalue weighted by molar-refractivity contribution is -0.138. The molecule has 0 aromatic heterocycles. The largest absolute Gasteiger partial charge is 0.462 e. The number of nitrogens with one attached hydrogen (secondary N) is 1. The van der Waals surface area contributed by atoms with Crippen molar-refractivity contribution in [2.24, 2.45) is 11.0 Å². The molecule has 0 aliphatic carbocycles. The third-order valence-corrected chi connectivity index (χ3v) is 2.88. The van der Waals surface area contributed by atoms with E-state index in [1.807, 2.05) is 18.2 Å². The number of benzene rings is 1. The van der Waals surface area contributed by atoms with Crippen LogP contribution < -0.4 is 5.43 Å². The summed E-state index contributed by atoms with van der Waals surface area (Å²) in [6.07, 6.45) is 1.28. The normalized spacial score (nSPS) is 17.7. The Labute approximate surface area is 121 Å². The molecule has 1 N–H and O–H groups in total. The summed E-state index contributed by atoms with van der Waals surface area (Å²) >= 11 is 0. The Morgan fingerprint density at radius 2 is 2.19 bits per heavy atom. The first kappa shape index (κ1) is 14.5. The van der Waals surface area contributed by atoms with E-state index in [1.54, 1.807) is 25.1 Å². The van der Waals surface area contributed by atoms with E-state index in [-0.39, 0.29) is 18.1 Å². The molecule has 0 bridgehead atoms. The molecule has 0 spiro atoms. The van der Waals surface area contributed by atoms with Crippen molar-refractivity contribution in [1.82, 2.24) is 5.43 Å². The number of hydrogen-bond donors (Lipinski definition) is 1. The summed E-state index contributed by atoms with van der Waals surface area (Å²) < 4.78 is 4.78. The molecule has 1 aliphatic heterocycles. The zero-order valence-electron chi connectivity index (χ0n) is 11.4. The number of carbonyl (C=O) groups is 2. The minimum atomic E-state index is -0.786. The molecule has 1 amide bonds. The number of esters is 1. The van der Waals surface area contributed by atoms with E-state index in [1.165, 1.54) is 6.08 Å². The van der Waals surface area contributed by atoms with E-state index in [0.29, 0.717) is 5.71 Å². The van der Waals surface area contributed by atoms with Gasteiger partial charge in [0.1, 0.15) is 17.6 Å². The number of rotatable bonds is 4. The number of carbonyl (C=O) groups excluding carboxylic acids is 2. The molecule has 1 heterocycles. The number of nitrogens with zero attached hydrogens (tertiary/aromatic N) is 2. The van der Waals surface area contributed by atoms with Crippen molar-refractivity contribution in [3.05, 3.63) is 47.5 Å². The van der Waals surface area contributed by atoms with Crippen molar-refractivity contribution in [2.45, 2.75) is 6.92 Å². The van der Waals surface area contributed by atoms with Gasteiger partial charge < -0.3 is 4.74 Å². The second kappa shape index (κ2) is 6.48. The second-order valence-corrected chi connectivity index (χ2v) is 4.23. The number of amides is 1. The maximum Gasteiger partial charge on any atom is 0.348 e. The molecule has 0 saturated carbocycles. The molecule has 106 valence electrons. The van der Waals surface area contributed by atoms with Gasteiger partial charge in [0.05, 0.1) is 12.3 Å². The Hall–Kier alpha value is -2.94. The van der Waals surface area contributed by atoms with Crippen LogP contribution in [0.4, 0.5) is 0 Å². The van der Waals surface area contributed by atoms with Crippen molar-refractivity contribution < 1.29 is 14.3 Å². The summed E-state index contributed by atoms with van der Waals surface area (Å²) in [5, 5.41) is 13.0. The van der Waals surface area contributed by atoms with Crippen LogP contribution in [-0.4, -0.2) is 24.2 Å².